The molecule has 0 fully saturated rings. The van der Waals surface area contributed by atoms with Crippen molar-refractivity contribution in [3.63, 3.8) is 0 Å². The molecule has 1 atom stereocenters. The Morgan fingerprint density at radius 3 is 2.72 bits per heavy atom. The van der Waals surface area contributed by atoms with Crippen LogP contribution in [-0.4, -0.2) is 36.0 Å². The number of nitrogens with zero attached hydrogens (tertiary/aromatic N) is 1. The lowest BCUT2D eigenvalue weighted by molar-refractivity contribution is 0.0693. The van der Waals surface area contributed by atoms with Crippen LogP contribution < -0.4 is 14.9 Å². The van der Waals surface area contributed by atoms with E-state index in [0.29, 0.717) is 46.6 Å². The summed E-state index contributed by atoms with van der Waals surface area (Å²) in [5, 5.41) is 9.93. The number of fused-ring (bicyclic) bond motifs is 3. The third-order valence-electron chi connectivity index (χ3n) is 5.28. The molecule has 1 aliphatic rings. The van der Waals surface area contributed by atoms with Crippen LogP contribution in [0.4, 0.5) is 0 Å². The number of rotatable bonds is 7. The fourth-order valence-corrected chi connectivity index (χ4v) is 3.92. The number of aryl methyl sites for hydroxylation is 1. The molecule has 166 valence electrons. The molecule has 1 aromatic heterocycles. The van der Waals surface area contributed by atoms with Gasteiger partial charge in [-0.25, -0.2) is 4.79 Å². The fraction of sp³-hybridized carbons (Fsp3) is 0.250. The number of aromatic carboxylic acids is 1. The summed E-state index contributed by atoms with van der Waals surface area (Å²) < 4.78 is 18.9. The smallest absolute Gasteiger partial charge is 0.341 e. The van der Waals surface area contributed by atoms with Gasteiger partial charge in [0.15, 0.2) is 5.43 Å². The van der Waals surface area contributed by atoms with Crippen LogP contribution in [0, 0.1) is 6.92 Å². The Kier molecular flexibility index (Phi) is 6.21. The second-order valence-corrected chi connectivity index (χ2v) is 7.86. The van der Waals surface area contributed by atoms with Gasteiger partial charge in [0.2, 0.25) is 6.23 Å². The molecule has 32 heavy (non-hydrogen) atoms. The standard InChI is InChI=1S/C24H22ClNO6/c1-14-10-16-19-11-20(27)17(24(28)29)13-26(19)23(15-6-3-4-7-18(15)25)32-22(16)12-21(14)31-9-5-8-30-2/h3-4,6-7,10-13,23H,5,8-9H2,1-2H3,(H,28,29). The van der Waals surface area contributed by atoms with Crippen LogP contribution in [0.25, 0.3) is 11.3 Å². The number of aromatic nitrogens is 1. The monoisotopic (exact) mass is 455 g/mol. The van der Waals surface area contributed by atoms with E-state index in [2.05, 4.69) is 0 Å². The molecule has 1 aliphatic heterocycles. The number of carbonyl (C=O) groups is 1. The second-order valence-electron chi connectivity index (χ2n) is 7.45. The van der Waals surface area contributed by atoms with Crippen LogP contribution in [0.5, 0.6) is 11.5 Å². The molecule has 7 nitrogen and oxygen atoms in total. The van der Waals surface area contributed by atoms with Gasteiger partial charge in [0.25, 0.3) is 0 Å². The molecule has 0 radical (unpaired) electrons. The maximum atomic E-state index is 12.5. The highest BCUT2D eigenvalue weighted by molar-refractivity contribution is 6.31. The van der Waals surface area contributed by atoms with Crippen molar-refractivity contribution in [2.75, 3.05) is 20.3 Å². The molecule has 1 unspecified atom stereocenters. The molecule has 1 N–H and O–H groups in total. The summed E-state index contributed by atoms with van der Waals surface area (Å²) in [5.41, 5.74) is 1.80. The highest BCUT2D eigenvalue weighted by atomic mass is 35.5. The molecular weight excluding hydrogens is 434 g/mol. The van der Waals surface area contributed by atoms with E-state index in [0.717, 1.165) is 12.0 Å². The van der Waals surface area contributed by atoms with E-state index in [9.17, 15) is 14.7 Å². The van der Waals surface area contributed by atoms with Crippen molar-refractivity contribution in [2.24, 2.45) is 0 Å². The molecule has 3 aromatic rings. The predicted octanol–water partition coefficient (Wildman–Crippen LogP) is 4.53. The first kappa shape index (κ1) is 21.9. The summed E-state index contributed by atoms with van der Waals surface area (Å²) in [4.78, 5) is 24.1. The Morgan fingerprint density at radius 1 is 1.22 bits per heavy atom. The van der Waals surface area contributed by atoms with Gasteiger partial charge < -0.3 is 23.9 Å². The van der Waals surface area contributed by atoms with Crippen molar-refractivity contribution in [2.45, 2.75) is 19.6 Å². The van der Waals surface area contributed by atoms with Gasteiger partial charge in [0.1, 0.15) is 17.1 Å². The summed E-state index contributed by atoms with van der Waals surface area (Å²) in [5.74, 6) is -0.120. The van der Waals surface area contributed by atoms with Crippen molar-refractivity contribution in [3.05, 3.63) is 80.6 Å². The molecule has 0 aliphatic carbocycles. The lowest BCUT2D eigenvalue weighted by Crippen LogP contribution is -2.28. The Hall–Kier alpha value is -3.29. The van der Waals surface area contributed by atoms with Crippen molar-refractivity contribution >= 4 is 17.6 Å². The molecule has 0 saturated carbocycles. The van der Waals surface area contributed by atoms with E-state index < -0.39 is 17.6 Å². The van der Waals surface area contributed by atoms with Gasteiger partial charge in [-0.2, -0.15) is 0 Å². The zero-order valence-corrected chi connectivity index (χ0v) is 18.4. The van der Waals surface area contributed by atoms with Crippen LogP contribution in [0.2, 0.25) is 5.02 Å². The number of pyridine rings is 1. The number of halogens is 1. The third kappa shape index (κ3) is 4.09. The number of hydrogen-bond donors (Lipinski definition) is 1. The van der Waals surface area contributed by atoms with E-state index in [1.807, 2.05) is 19.1 Å². The molecule has 0 saturated heterocycles. The molecule has 4 rings (SSSR count). The van der Waals surface area contributed by atoms with Gasteiger partial charge in [-0.3, -0.25) is 4.79 Å². The molecule has 0 bridgehead atoms. The summed E-state index contributed by atoms with van der Waals surface area (Å²) >= 11 is 6.43. The predicted molar refractivity (Wildman–Crippen MR) is 120 cm³/mol. The topological polar surface area (TPSA) is 87.0 Å². The Balaban J connectivity index is 1.86. The maximum Gasteiger partial charge on any atom is 0.341 e. The molecular formula is C24H22ClNO6. The van der Waals surface area contributed by atoms with E-state index >= 15 is 0 Å². The van der Waals surface area contributed by atoms with Crippen LogP contribution in [-0.2, 0) is 4.74 Å². The number of methoxy groups -OCH3 is 1. The van der Waals surface area contributed by atoms with Crippen molar-refractivity contribution < 1.29 is 24.1 Å². The number of ether oxygens (including phenoxy) is 3. The first-order valence-electron chi connectivity index (χ1n) is 10.1. The van der Waals surface area contributed by atoms with Gasteiger partial charge in [0, 0.05) is 54.6 Å². The second kappa shape index (κ2) is 9.06. The Morgan fingerprint density at radius 2 is 2.00 bits per heavy atom. The minimum Gasteiger partial charge on any atom is -0.493 e. The van der Waals surface area contributed by atoms with Gasteiger partial charge in [-0.1, -0.05) is 29.8 Å². The van der Waals surface area contributed by atoms with Gasteiger partial charge in [0.05, 0.1) is 12.3 Å². The average Bonchev–Trinajstić information content (AvgIpc) is 2.76. The summed E-state index contributed by atoms with van der Waals surface area (Å²) in [6, 6.07) is 12.1. The highest BCUT2D eigenvalue weighted by Crippen LogP contribution is 2.44. The Bertz CT molecular complexity index is 1240. The van der Waals surface area contributed by atoms with Crippen LogP contribution in [0.1, 0.15) is 34.1 Å². The van der Waals surface area contributed by atoms with E-state index in [4.69, 9.17) is 25.8 Å². The third-order valence-corrected chi connectivity index (χ3v) is 5.62. The normalized spacial score (nSPS) is 14.3. The first-order chi connectivity index (χ1) is 15.4. The number of benzene rings is 2. The van der Waals surface area contributed by atoms with E-state index in [-0.39, 0.29) is 5.56 Å². The molecule has 0 amide bonds. The van der Waals surface area contributed by atoms with Crippen LogP contribution in [0.15, 0.2) is 53.5 Å². The fourth-order valence-electron chi connectivity index (χ4n) is 3.69. The van der Waals surface area contributed by atoms with Crippen LogP contribution in [0.3, 0.4) is 0 Å². The lowest BCUT2D eigenvalue weighted by Gasteiger charge is -2.32. The lowest BCUT2D eigenvalue weighted by atomic mass is 10.0. The zero-order chi connectivity index (χ0) is 22.8. The quantitative estimate of drug-likeness (QED) is 0.527. The van der Waals surface area contributed by atoms with Crippen molar-refractivity contribution in [3.8, 4) is 22.8 Å². The summed E-state index contributed by atoms with van der Waals surface area (Å²) in [7, 11) is 1.64. The van der Waals surface area contributed by atoms with Gasteiger partial charge in [-0.15, -0.1) is 0 Å². The van der Waals surface area contributed by atoms with Crippen molar-refractivity contribution in [1.82, 2.24) is 4.57 Å². The molecule has 2 heterocycles. The van der Waals surface area contributed by atoms with Gasteiger partial charge in [-0.05, 0) is 24.6 Å². The number of hydrogen-bond acceptors (Lipinski definition) is 5. The number of carboxylic acid groups (broad SMARTS) is 1. The number of carboxylic acids is 1. The first-order valence-corrected chi connectivity index (χ1v) is 10.5. The average molecular weight is 456 g/mol. The minimum atomic E-state index is -1.30. The SMILES string of the molecule is COCCCOc1cc2c(cc1C)-c1cc(=O)c(C(=O)O)cn1C(c1ccccc1Cl)O2. The van der Waals surface area contributed by atoms with Crippen LogP contribution >= 0.6 is 11.6 Å². The molecule has 0 spiro atoms. The van der Waals surface area contributed by atoms with Gasteiger partial charge >= 0.3 is 5.97 Å². The molecule has 2 aromatic carbocycles. The Labute approximate surface area is 189 Å². The zero-order valence-electron chi connectivity index (χ0n) is 17.6. The largest absolute Gasteiger partial charge is 0.493 e. The van der Waals surface area contributed by atoms with Crippen molar-refractivity contribution in [1.29, 1.82) is 0 Å². The summed E-state index contributed by atoms with van der Waals surface area (Å²) in [6.45, 7) is 2.98. The molecule has 8 heteroatoms. The maximum absolute atomic E-state index is 12.5. The highest BCUT2D eigenvalue weighted by Gasteiger charge is 2.30. The van der Waals surface area contributed by atoms with E-state index in [1.165, 1.54) is 12.3 Å². The van der Waals surface area contributed by atoms with E-state index in [1.54, 1.807) is 35.9 Å². The summed E-state index contributed by atoms with van der Waals surface area (Å²) in [6.07, 6.45) is 1.29. The minimum absolute atomic E-state index is 0.340.